The van der Waals surface area contributed by atoms with Crippen LogP contribution >= 0.6 is 23.2 Å². The first-order valence-electron chi connectivity index (χ1n) is 12.1. The lowest BCUT2D eigenvalue weighted by Gasteiger charge is -2.23. The molecule has 41 heavy (non-hydrogen) atoms. The summed E-state index contributed by atoms with van der Waals surface area (Å²) in [6.45, 7) is 1.69. The first-order chi connectivity index (χ1) is 19.3. The molecule has 0 aromatic heterocycles. The van der Waals surface area contributed by atoms with Gasteiger partial charge in [0.25, 0.3) is 0 Å². The van der Waals surface area contributed by atoms with E-state index < -0.39 is 23.5 Å². The SMILES string of the molecule is CCOc1cc(-c2ccc(Cl)cc2C(F)(F)F)c(Cl)c(-c2cc(OC)ccc2OC)c1-c1cccc(C(F)(F)F)c1. The van der Waals surface area contributed by atoms with Gasteiger partial charge in [-0.1, -0.05) is 41.4 Å². The molecule has 4 rings (SSSR count). The van der Waals surface area contributed by atoms with Crippen molar-refractivity contribution >= 4 is 23.2 Å². The van der Waals surface area contributed by atoms with Crippen molar-refractivity contribution in [3.8, 4) is 50.6 Å². The minimum atomic E-state index is -4.80. The number of halogens is 8. The van der Waals surface area contributed by atoms with Crippen LogP contribution in [0.4, 0.5) is 26.3 Å². The zero-order valence-electron chi connectivity index (χ0n) is 21.8. The maximum absolute atomic E-state index is 14.2. The monoisotopic (exact) mass is 614 g/mol. The third-order valence-electron chi connectivity index (χ3n) is 6.26. The molecule has 0 heterocycles. The van der Waals surface area contributed by atoms with Gasteiger partial charge in [0.15, 0.2) is 0 Å². The van der Waals surface area contributed by atoms with E-state index in [9.17, 15) is 26.3 Å². The van der Waals surface area contributed by atoms with E-state index >= 15 is 0 Å². The third-order valence-corrected chi connectivity index (χ3v) is 6.89. The van der Waals surface area contributed by atoms with Crippen LogP contribution in [0, 0.1) is 0 Å². The van der Waals surface area contributed by atoms with Gasteiger partial charge in [0.1, 0.15) is 17.2 Å². The number of rotatable bonds is 7. The van der Waals surface area contributed by atoms with Gasteiger partial charge in [-0.05, 0) is 66.6 Å². The highest BCUT2D eigenvalue weighted by Gasteiger charge is 2.36. The van der Waals surface area contributed by atoms with Crippen LogP contribution in [0.1, 0.15) is 18.1 Å². The van der Waals surface area contributed by atoms with E-state index in [2.05, 4.69) is 0 Å². The number of hydrogen-bond donors (Lipinski definition) is 0. The lowest BCUT2D eigenvalue weighted by atomic mass is 9.87. The average Bonchev–Trinajstić information content (AvgIpc) is 2.92. The molecule has 4 aromatic rings. The summed E-state index contributed by atoms with van der Waals surface area (Å²) >= 11 is 12.9. The van der Waals surface area contributed by atoms with Gasteiger partial charge in [0, 0.05) is 27.3 Å². The number of methoxy groups -OCH3 is 2. The van der Waals surface area contributed by atoms with Crippen molar-refractivity contribution in [1.82, 2.24) is 0 Å². The Morgan fingerprint density at radius 3 is 2.02 bits per heavy atom. The van der Waals surface area contributed by atoms with E-state index in [4.69, 9.17) is 37.4 Å². The van der Waals surface area contributed by atoms with E-state index in [-0.39, 0.29) is 61.5 Å². The summed E-state index contributed by atoms with van der Waals surface area (Å²) in [6, 6.07) is 13.7. The minimum absolute atomic E-state index is 0.00849. The van der Waals surface area contributed by atoms with Crippen molar-refractivity contribution in [2.75, 3.05) is 20.8 Å². The van der Waals surface area contributed by atoms with Gasteiger partial charge in [-0.15, -0.1) is 0 Å². The van der Waals surface area contributed by atoms with Crippen LogP contribution in [0.2, 0.25) is 10.0 Å². The van der Waals surface area contributed by atoms with Crippen molar-refractivity contribution in [2.45, 2.75) is 19.3 Å². The normalized spacial score (nSPS) is 11.9. The van der Waals surface area contributed by atoms with Gasteiger partial charge in [-0.3, -0.25) is 0 Å². The maximum Gasteiger partial charge on any atom is 0.417 e. The topological polar surface area (TPSA) is 27.7 Å². The Balaban J connectivity index is 2.21. The molecular formula is C30H22Cl2F6O3. The van der Waals surface area contributed by atoms with Crippen molar-refractivity contribution in [3.05, 3.63) is 87.9 Å². The van der Waals surface area contributed by atoms with Crippen molar-refractivity contribution in [3.63, 3.8) is 0 Å². The van der Waals surface area contributed by atoms with Gasteiger partial charge in [-0.2, -0.15) is 26.3 Å². The highest BCUT2D eigenvalue weighted by Crippen LogP contribution is 2.53. The first kappa shape index (κ1) is 30.4. The van der Waals surface area contributed by atoms with E-state index in [1.54, 1.807) is 19.1 Å². The molecule has 0 fully saturated rings. The van der Waals surface area contributed by atoms with Crippen molar-refractivity contribution in [2.24, 2.45) is 0 Å². The first-order valence-corrected chi connectivity index (χ1v) is 12.8. The smallest absolute Gasteiger partial charge is 0.417 e. The van der Waals surface area contributed by atoms with Gasteiger partial charge < -0.3 is 14.2 Å². The molecule has 0 saturated heterocycles. The molecule has 0 unspecified atom stereocenters. The van der Waals surface area contributed by atoms with Gasteiger partial charge in [0.2, 0.25) is 0 Å². The van der Waals surface area contributed by atoms with Crippen LogP contribution < -0.4 is 14.2 Å². The Kier molecular flexibility index (Phi) is 8.70. The fraction of sp³-hybridized carbons (Fsp3) is 0.200. The van der Waals surface area contributed by atoms with Crippen LogP contribution in [0.25, 0.3) is 33.4 Å². The third kappa shape index (κ3) is 6.21. The quantitative estimate of drug-likeness (QED) is 0.194. The fourth-order valence-electron chi connectivity index (χ4n) is 4.49. The Labute approximate surface area is 242 Å². The van der Waals surface area contributed by atoms with Crippen LogP contribution in [0.3, 0.4) is 0 Å². The molecule has 216 valence electrons. The summed E-state index contributed by atoms with van der Waals surface area (Å²) in [6.07, 6.45) is -9.47. The summed E-state index contributed by atoms with van der Waals surface area (Å²) < 4.78 is 100. The second kappa shape index (κ2) is 11.7. The molecule has 0 saturated carbocycles. The second-order valence-corrected chi connectivity index (χ2v) is 9.57. The van der Waals surface area contributed by atoms with E-state index in [1.807, 2.05) is 0 Å². The number of benzene rings is 4. The molecule has 4 aromatic carbocycles. The molecule has 0 bridgehead atoms. The number of alkyl halides is 6. The molecule has 0 aliphatic carbocycles. The van der Waals surface area contributed by atoms with E-state index in [0.717, 1.165) is 18.2 Å². The lowest BCUT2D eigenvalue weighted by Crippen LogP contribution is -2.08. The summed E-state index contributed by atoms with van der Waals surface area (Å²) in [4.78, 5) is 0. The van der Waals surface area contributed by atoms with Crippen molar-refractivity contribution in [1.29, 1.82) is 0 Å². The number of ether oxygens (including phenoxy) is 3. The molecule has 0 spiro atoms. The molecular weight excluding hydrogens is 593 g/mol. The van der Waals surface area contributed by atoms with Crippen LogP contribution in [-0.2, 0) is 12.4 Å². The van der Waals surface area contributed by atoms with Gasteiger partial charge >= 0.3 is 12.4 Å². The predicted molar refractivity (Wildman–Crippen MR) is 147 cm³/mol. The molecule has 0 radical (unpaired) electrons. The standard InChI is InChI=1S/C30H22Cl2F6O3/c1-4-41-25-15-21(20-10-8-18(31)13-23(20)30(36,37)38)28(32)27(22-14-19(39-2)9-11-24(22)40-3)26(25)16-6-5-7-17(12-16)29(33,34)35/h5-15H,4H2,1-3H3. The van der Waals surface area contributed by atoms with Crippen LogP contribution in [0.5, 0.6) is 17.2 Å². The Bertz CT molecular complexity index is 1580. The summed E-state index contributed by atoms with van der Waals surface area (Å²) in [5.41, 5.74) is -1.81. The predicted octanol–water partition coefficient (Wildman–Crippen LogP) is 10.4. The van der Waals surface area contributed by atoms with E-state index in [1.165, 1.54) is 50.6 Å². The van der Waals surface area contributed by atoms with Crippen molar-refractivity contribution < 1.29 is 40.6 Å². The highest BCUT2D eigenvalue weighted by molar-refractivity contribution is 6.37. The highest BCUT2D eigenvalue weighted by atomic mass is 35.5. The minimum Gasteiger partial charge on any atom is -0.497 e. The van der Waals surface area contributed by atoms with Crippen LogP contribution in [-0.4, -0.2) is 20.8 Å². The zero-order valence-corrected chi connectivity index (χ0v) is 23.3. The molecule has 0 aliphatic heterocycles. The molecule has 0 atom stereocenters. The Morgan fingerprint density at radius 2 is 1.41 bits per heavy atom. The second-order valence-electron chi connectivity index (χ2n) is 8.75. The average molecular weight is 615 g/mol. The van der Waals surface area contributed by atoms with E-state index in [0.29, 0.717) is 5.75 Å². The van der Waals surface area contributed by atoms with Gasteiger partial charge in [-0.25, -0.2) is 0 Å². The summed E-state index contributed by atoms with van der Waals surface area (Å²) in [5, 5.41) is -0.322. The summed E-state index contributed by atoms with van der Waals surface area (Å²) in [7, 11) is 2.78. The van der Waals surface area contributed by atoms with Crippen LogP contribution in [0.15, 0.2) is 66.7 Å². The lowest BCUT2D eigenvalue weighted by molar-refractivity contribution is -0.138. The van der Waals surface area contributed by atoms with Gasteiger partial charge in [0.05, 0.1) is 37.0 Å². The molecule has 0 aliphatic rings. The summed E-state index contributed by atoms with van der Waals surface area (Å²) in [5.74, 6) is 0.597. The molecule has 11 heteroatoms. The fourth-order valence-corrected chi connectivity index (χ4v) is 5.01. The Hall–Kier alpha value is -3.56. The Morgan fingerprint density at radius 1 is 0.683 bits per heavy atom. The molecule has 0 N–H and O–H groups in total. The maximum atomic E-state index is 14.2. The molecule has 3 nitrogen and oxygen atoms in total. The largest absolute Gasteiger partial charge is 0.497 e. The zero-order chi connectivity index (χ0) is 30.1. The number of hydrogen-bond acceptors (Lipinski definition) is 3. The molecule has 0 amide bonds.